The number of aliphatic hydroxyl groups is 1. The number of aliphatic hydroxyl groups excluding tert-OH is 1. The van der Waals surface area contributed by atoms with Crippen molar-refractivity contribution >= 4 is 5.97 Å². The van der Waals surface area contributed by atoms with E-state index in [-0.39, 0.29) is 12.6 Å². The van der Waals surface area contributed by atoms with E-state index in [1.54, 1.807) is 0 Å². The number of carbonyl (C=O) groups is 1. The highest BCUT2D eigenvalue weighted by atomic mass is 16.6. The molecule has 0 saturated carbocycles. The number of carbonyl (C=O) groups excluding carboxylic acids is 1. The second-order valence-corrected chi connectivity index (χ2v) is 9.47. The normalized spacial score (nSPS) is 12.7. The van der Waals surface area contributed by atoms with Crippen LogP contribution < -0.4 is 0 Å². The Morgan fingerprint density at radius 1 is 0.706 bits per heavy atom. The van der Waals surface area contributed by atoms with Crippen molar-refractivity contribution < 1.29 is 19.4 Å². The molecule has 0 spiro atoms. The van der Waals surface area contributed by atoms with Gasteiger partial charge in [0, 0.05) is 13.0 Å². The lowest BCUT2D eigenvalue weighted by atomic mass is 10.1. The Kier molecular flexibility index (Phi) is 27.2. The van der Waals surface area contributed by atoms with Crippen molar-refractivity contribution in [2.45, 2.75) is 142 Å². The molecule has 1 atom stereocenters. The van der Waals surface area contributed by atoms with E-state index in [4.69, 9.17) is 9.47 Å². The maximum absolute atomic E-state index is 11.6. The summed E-state index contributed by atoms with van der Waals surface area (Å²) in [6.07, 6.45) is 31.4. The summed E-state index contributed by atoms with van der Waals surface area (Å²) in [6.45, 7) is 5.08. The Hall–Kier alpha value is -1.13. The molecule has 4 nitrogen and oxygen atoms in total. The van der Waals surface area contributed by atoms with Crippen molar-refractivity contribution in [1.82, 2.24) is 0 Å². The van der Waals surface area contributed by atoms with E-state index in [0.29, 0.717) is 19.6 Å². The van der Waals surface area contributed by atoms with Crippen molar-refractivity contribution in [3.05, 3.63) is 24.3 Å². The molecule has 0 aliphatic heterocycles. The van der Waals surface area contributed by atoms with Crippen molar-refractivity contribution in [3.63, 3.8) is 0 Å². The Morgan fingerprint density at radius 2 is 1.24 bits per heavy atom. The summed E-state index contributed by atoms with van der Waals surface area (Å²) >= 11 is 0. The maximum Gasteiger partial charge on any atom is 0.306 e. The quantitative estimate of drug-likeness (QED) is 0.0766. The molecule has 1 N–H and O–H groups in total. The van der Waals surface area contributed by atoms with Gasteiger partial charge in [-0.3, -0.25) is 4.79 Å². The third-order valence-electron chi connectivity index (χ3n) is 6.03. The topological polar surface area (TPSA) is 55.8 Å². The summed E-state index contributed by atoms with van der Waals surface area (Å²) in [5.41, 5.74) is 0. The van der Waals surface area contributed by atoms with Crippen LogP contribution in [0.4, 0.5) is 0 Å². The number of ether oxygens (including phenoxy) is 2. The van der Waals surface area contributed by atoms with E-state index in [2.05, 4.69) is 31.2 Å². The van der Waals surface area contributed by atoms with Crippen molar-refractivity contribution in [3.8, 4) is 0 Å². The van der Waals surface area contributed by atoms with E-state index in [9.17, 15) is 9.90 Å². The Balaban J connectivity index is 3.32. The molecule has 4 heteroatoms. The predicted octanol–water partition coefficient (Wildman–Crippen LogP) is 8.47. The molecule has 34 heavy (non-hydrogen) atoms. The van der Waals surface area contributed by atoms with E-state index in [1.165, 1.54) is 89.9 Å². The first kappa shape index (κ1) is 32.9. The van der Waals surface area contributed by atoms with Gasteiger partial charge in [0.1, 0.15) is 6.10 Å². The van der Waals surface area contributed by atoms with Gasteiger partial charge < -0.3 is 14.6 Å². The van der Waals surface area contributed by atoms with Crippen molar-refractivity contribution in [1.29, 1.82) is 0 Å². The molecule has 0 rings (SSSR count). The van der Waals surface area contributed by atoms with Gasteiger partial charge in [-0.05, 0) is 44.9 Å². The molecule has 0 heterocycles. The molecule has 0 saturated heterocycles. The van der Waals surface area contributed by atoms with Gasteiger partial charge in [0.15, 0.2) is 0 Å². The van der Waals surface area contributed by atoms with Gasteiger partial charge in [-0.15, -0.1) is 0 Å². The zero-order valence-corrected chi connectivity index (χ0v) is 22.6. The zero-order valence-electron chi connectivity index (χ0n) is 22.6. The highest BCUT2D eigenvalue weighted by Gasteiger charge is 2.13. The molecule has 0 fully saturated rings. The van der Waals surface area contributed by atoms with Crippen LogP contribution in [0.5, 0.6) is 0 Å². The summed E-state index contributed by atoms with van der Waals surface area (Å²) in [7, 11) is 0. The van der Waals surface area contributed by atoms with Crippen LogP contribution in [0.15, 0.2) is 24.3 Å². The monoisotopic (exact) mass is 480 g/mol. The van der Waals surface area contributed by atoms with Gasteiger partial charge in [0.2, 0.25) is 0 Å². The number of rotatable bonds is 26. The van der Waals surface area contributed by atoms with Crippen LogP contribution >= 0.6 is 0 Å². The first-order valence-electron chi connectivity index (χ1n) is 14.4. The van der Waals surface area contributed by atoms with E-state index >= 15 is 0 Å². The molecule has 0 aliphatic carbocycles. The Morgan fingerprint density at radius 3 is 1.79 bits per heavy atom. The molecule has 0 aromatic rings. The number of unbranched alkanes of at least 4 members (excludes halogenated alkanes) is 14. The molecule has 0 aromatic carbocycles. The molecular weight excluding hydrogens is 424 g/mol. The highest BCUT2D eigenvalue weighted by molar-refractivity contribution is 5.69. The Labute approximate surface area is 211 Å². The van der Waals surface area contributed by atoms with Gasteiger partial charge >= 0.3 is 5.97 Å². The average molecular weight is 481 g/mol. The molecule has 0 radical (unpaired) electrons. The van der Waals surface area contributed by atoms with Crippen LogP contribution in [0, 0.1) is 0 Å². The summed E-state index contributed by atoms with van der Waals surface area (Å²) in [5, 5.41) is 9.31. The molecule has 0 aromatic heterocycles. The van der Waals surface area contributed by atoms with E-state index in [0.717, 1.165) is 25.7 Å². The second kappa shape index (κ2) is 28.1. The number of esters is 1. The minimum absolute atomic E-state index is 0.175. The fourth-order valence-electron chi connectivity index (χ4n) is 3.80. The van der Waals surface area contributed by atoms with Gasteiger partial charge in [-0.25, -0.2) is 0 Å². The zero-order chi connectivity index (χ0) is 25.0. The first-order chi connectivity index (χ1) is 16.7. The van der Waals surface area contributed by atoms with E-state index in [1.807, 2.05) is 6.92 Å². The van der Waals surface area contributed by atoms with Crippen LogP contribution in [0.25, 0.3) is 0 Å². The van der Waals surface area contributed by atoms with Crippen LogP contribution in [0.2, 0.25) is 0 Å². The highest BCUT2D eigenvalue weighted by Crippen LogP contribution is 2.12. The average Bonchev–Trinajstić information content (AvgIpc) is 2.85. The van der Waals surface area contributed by atoms with Crippen LogP contribution in [0.3, 0.4) is 0 Å². The summed E-state index contributed by atoms with van der Waals surface area (Å²) < 4.78 is 10.8. The van der Waals surface area contributed by atoms with Crippen LogP contribution in [-0.4, -0.2) is 37.0 Å². The fraction of sp³-hybridized carbons (Fsp3) is 0.833. The van der Waals surface area contributed by atoms with E-state index < -0.39 is 6.10 Å². The molecule has 0 aliphatic rings. The summed E-state index contributed by atoms with van der Waals surface area (Å²) in [4.78, 5) is 11.6. The molecule has 0 amide bonds. The summed E-state index contributed by atoms with van der Waals surface area (Å²) in [5.74, 6) is -0.238. The number of allylic oxidation sites excluding steroid dienone is 4. The van der Waals surface area contributed by atoms with Gasteiger partial charge in [-0.1, -0.05) is 109 Å². The lowest BCUT2D eigenvalue weighted by Gasteiger charge is -2.15. The first-order valence-corrected chi connectivity index (χ1v) is 14.4. The minimum Gasteiger partial charge on any atom is -0.457 e. The molecule has 1 unspecified atom stereocenters. The van der Waals surface area contributed by atoms with Gasteiger partial charge in [0.25, 0.3) is 0 Å². The minimum atomic E-state index is -0.525. The lowest BCUT2D eigenvalue weighted by molar-refractivity contribution is -0.154. The van der Waals surface area contributed by atoms with Crippen molar-refractivity contribution in [2.24, 2.45) is 0 Å². The third kappa shape index (κ3) is 25.5. The third-order valence-corrected chi connectivity index (χ3v) is 6.03. The van der Waals surface area contributed by atoms with Gasteiger partial charge in [0.05, 0.1) is 13.2 Å². The van der Waals surface area contributed by atoms with Gasteiger partial charge in [-0.2, -0.15) is 0 Å². The lowest BCUT2D eigenvalue weighted by Crippen LogP contribution is -2.27. The number of hydrogen-bond acceptors (Lipinski definition) is 4. The second-order valence-electron chi connectivity index (χ2n) is 9.47. The van der Waals surface area contributed by atoms with Crippen LogP contribution in [0.1, 0.15) is 136 Å². The standard InChI is InChI=1S/C30H56O4/c1-3-5-7-8-9-10-11-12-13-14-15-16-17-18-19-20-21-22-23-24-26-33-28-29(27-31)34-30(32)25-6-4-2/h9-10,12-13,29,31H,3-8,11,14-28H2,1-2H3/b10-9-,13-12-. The largest absolute Gasteiger partial charge is 0.457 e. The molecular formula is C30H56O4. The SMILES string of the molecule is CCCCC/C=C\C/C=C\CCCCCCCCCCCCOCC(CO)OC(=O)CCCC. The maximum atomic E-state index is 11.6. The summed E-state index contributed by atoms with van der Waals surface area (Å²) in [6, 6.07) is 0. The van der Waals surface area contributed by atoms with Crippen molar-refractivity contribution in [2.75, 3.05) is 19.8 Å². The molecule has 0 bridgehead atoms. The Bertz CT molecular complexity index is 472. The predicted molar refractivity (Wildman–Crippen MR) is 145 cm³/mol. The fourth-order valence-corrected chi connectivity index (χ4v) is 3.80. The molecule has 200 valence electrons. The number of hydrogen-bond donors (Lipinski definition) is 1. The smallest absolute Gasteiger partial charge is 0.306 e. The van der Waals surface area contributed by atoms with Crippen LogP contribution in [-0.2, 0) is 14.3 Å².